The number of aryl methyl sites for hydroxylation is 1. The van der Waals surface area contributed by atoms with E-state index in [1.54, 1.807) is 7.05 Å². The number of rotatable bonds is 3. The number of hydrogen-bond donors (Lipinski definition) is 1. The normalized spacial score (nSPS) is 9.83. The molecule has 12 heavy (non-hydrogen) atoms. The number of carbonyl (C=O) groups is 1. The van der Waals surface area contributed by atoms with Crippen LogP contribution in [0.15, 0.2) is 18.3 Å². The lowest BCUT2D eigenvalue weighted by Crippen LogP contribution is -2.21. The number of amides is 1. The molecule has 3 heteroatoms. The molecule has 0 radical (unpaired) electrons. The summed E-state index contributed by atoms with van der Waals surface area (Å²) in [6.45, 7) is 2.99. The van der Waals surface area contributed by atoms with Crippen molar-refractivity contribution in [3.05, 3.63) is 24.0 Å². The highest BCUT2D eigenvalue weighted by molar-refractivity contribution is 5.92. The molecular weight excluding hydrogens is 152 g/mol. The lowest BCUT2D eigenvalue weighted by molar-refractivity contribution is 0.0954. The molecule has 0 bridgehead atoms. The largest absolute Gasteiger partial charge is 0.354 e. The van der Waals surface area contributed by atoms with E-state index in [2.05, 4.69) is 12.2 Å². The van der Waals surface area contributed by atoms with E-state index in [0.29, 0.717) is 0 Å². The molecule has 0 atom stereocenters. The minimum atomic E-state index is -0.0200. The second-order valence-electron chi connectivity index (χ2n) is 2.67. The van der Waals surface area contributed by atoms with Crippen LogP contribution >= 0.6 is 0 Å². The van der Waals surface area contributed by atoms with Gasteiger partial charge in [0.2, 0.25) is 0 Å². The number of hydrogen-bond acceptors (Lipinski definition) is 1. The number of nitrogens with one attached hydrogen (secondary N) is 1. The lowest BCUT2D eigenvalue weighted by atomic mass is 10.4. The molecule has 1 aromatic rings. The van der Waals surface area contributed by atoms with E-state index in [1.807, 2.05) is 22.9 Å². The third kappa shape index (κ3) is 1.67. The SMILES string of the molecule is CCCn1cccc1C(=O)NC. The standard InChI is InChI=1S/C9H14N2O/c1-3-6-11-7-4-5-8(11)9(12)10-2/h4-5,7H,3,6H2,1-2H3,(H,10,12). The molecule has 0 spiro atoms. The number of nitrogens with zero attached hydrogens (tertiary/aromatic N) is 1. The fraction of sp³-hybridized carbons (Fsp3) is 0.444. The van der Waals surface area contributed by atoms with Gasteiger partial charge in [0, 0.05) is 19.8 Å². The van der Waals surface area contributed by atoms with Crippen molar-refractivity contribution in [2.24, 2.45) is 0 Å². The van der Waals surface area contributed by atoms with Crippen LogP contribution in [0.3, 0.4) is 0 Å². The highest BCUT2D eigenvalue weighted by atomic mass is 16.1. The van der Waals surface area contributed by atoms with Crippen molar-refractivity contribution in [3.8, 4) is 0 Å². The van der Waals surface area contributed by atoms with Crippen molar-refractivity contribution in [2.45, 2.75) is 19.9 Å². The van der Waals surface area contributed by atoms with Crippen LogP contribution in [0.2, 0.25) is 0 Å². The van der Waals surface area contributed by atoms with Gasteiger partial charge in [-0.15, -0.1) is 0 Å². The number of aromatic nitrogens is 1. The third-order valence-corrected chi connectivity index (χ3v) is 1.75. The first-order valence-electron chi connectivity index (χ1n) is 4.16. The summed E-state index contributed by atoms with van der Waals surface area (Å²) in [5.74, 6) is -0.0200. The Morgan fingerprint density at radius 3 is 3.00 bits per heavy atom. The number of carbonyl (C=O) groups excluding carboxylic acids is 1. The molecule has 0 aliphatic heterocycles. The van der Waals surface area contributed by atoms with E-state index in [9.17, 15) is 4.79 Å². The Kier molecular flexibility index (Phi) is 2.91. The molecule has 1 heterocycles. The molecule has 1 aromatic heterocycles. The van der Waals surface area contributed by atoms with Crippen LogP contribution in [0.1, 0.15) is 23.8 Å². The van der Waals surface area contributed by atoms with Crippen LogP contribution in [-0.2, 0) is 6.54 Å². The van der Waals surface area contributed by atoms with Crippen LogP contribution < -0.4 is 5.32 Å². The van der Waals surface area contributed by atoms with Gasteiger partial charge in [-0.2, -0.15) is 0 Å². The molecule has 0 aliphatic carbocycles. The average molecular weight is 166 g/mol. The summed E-state index contributed by atoms with van der Waals surface area (Å²) in [5, 5.41) is 2.61. The van der Waals surface area contributed by atoms with Crippen LogP contribution in [-0.4, -0.2) is 17.5 Å². The molecule has 1 N–H and O–H groups in total. The Morgan fingerprint density at radius 2 is 2.42 bits per heavy atom. The van der Waals surface area contributed by atoms with E-state index < -0.39 is 0 Å². The summed E-state index contributed by atoms with van der Waals surface area (Å²) in [6, 6.07) is 3.72. The van der Waals surface area contributed by atoms with E-state index in [4.69, 9.17) is 0 Å². The fourth-order valence-electron chi connectivity index (χ4n) is 1.18. The van der Waals surface area contributed by atoms with Gasteiger partial charge in [0.15, 0.2) is 0 Å². The maximum atomic E-state index is 11.2. The van der Waals surface area contributed by atoms with Crippen molar-refractivity contribution < 1.29 is 4.79 Å². The van der Waals surface area contributed by atoms with Gasteiger partial charge in [-0.25, -0.2) is 0 Å². The zero-order valence-electron chi connectivity index (χ0n) is 7.50. The zero-order valence-corrected chi connectivity index (χ0v) is 7.50. The minimum Gasteiger partial charge on any atom is -0.354 e. The van der Waals surface area contributed by atoms with Gasteiger partial charge >= 0.3 is 0 Å². The first-order valence-corrected chi connectivity index (χ1v) is 4.16. The van der Waals surface area contributed by atoms with Gasteiger partial charge in [-0.3, -0.25) is 4.79 Å². The zero-order chi connectivity index (χ0) is 8.97. The molecule has 0 saturated carbocycles. The van der Waals surface area contributed by atoms with Crippen molar-refractivity contribution in [3.63, 3.8) is 0 Å². The summed E-state index contributed by atoms with van der Waals surface area (Å²) >= 11 is 0. The molecular formula is C9H14N2O. The van der Waals surface area contributed by atoms with Gasteiger partial charge in [-0.1, -0.05) is 6.92 Å². The molecule has 66 valence electrons. The molecule has 1 amide bonds. The van der Waals surface area contributed by atoms with E-state index in [1.165, 1.54) is 0 Å². The Morgan fingerprint density at radius 1 is 1.67 bits per heavy atom. The maximum Gasteiger partial charge on any atom is 0.267 e. The van der Waals surface area contributed by atoms with Crippen molar-refractivity contribution in [2.75, 3.05) is 7.05 Å². The van der Waals surface area contributed by atoms with Gasteiger partial charge in [0.05, 0.1) is 0 Å². The second kappa shape index (κ2) is 3.95. The van der Waals surface area contributed by atoms with E-state index in [0.717, 1.165) is 18.7 Å². The third-order valence-electron chi connectivity index (χ3n) is 1.75. The molecule has 3 nitrogen and oxygen atoms in total. The molecule has 0 aliphatic rings. The Bertz CT molecular complexity index is 265. The summed E-state index contributed by atoms with van der Waals surface area (Å²) < 4.78 is 1.96. The highest BCUT2D eigenvalue weighted by Crippen LogP contribution is 2.02. The van der Waals surface area contributed by atoms with Gasteiger partial charge < -0.3 is 9.88 Å². The van der Waals surface area contributed by atoms with Crippen molar-refractivity contribution in [1.29, 1.82) is 0 Å². The lowest BCUT2D eigenvalue weighted by Gasteiger charge is -2.05. The first-order chi connectivity index (χ1) is 5.79. The molecule has 0 unspecified atom stereocenters. The summed E-state index contributed by atoms with van der Waals surface area (Å²) in [7, 11) is 1.64. The summed E-state index contributed by atoms with van der Waals surface area (Å²) in [4.78, 5) is 11.2. The monoisotopic (exact) mass is 166 g/mol. The van der Waals surface area contributed by atoms with Gasteiger partial charge in [0.25, 0.3) is 5.91 Å². The topological polar surface area (TPSA) is 34.0 Å². The van der Waals surface area contributed by atoms with Crippen LogP contribution in [0, 0.1) is 0 Å². The molecule has 1 rings (SSSR count). The Hall–Kier alpha value is -1.25. The maximum absolute atomic E-state index is 11.2. The molecule has 0 fully saturated rings. The first kappa shape index (κ1) is 8.84. The average Bonchev–Trinajstić information content (AvgIpc) is 2.52. The predicted octanol–water partition coefficient (Wildman–Crippen LogP) is 1.26. The van der Waals surface area contributed by atoms with Crippen molar-refractivity contribution >= 4 is 5.91 Å². The molecule has 0 aromatic carbocycles. The van der Waals surface area contributed by atoms with Crippen LogP contribution in [0.4, 0.5) is 0 Å². The Balaban J connectivity index is 2.83. The summed E-state index contributed by atoms with van der Waals surface area (Å²) in [6.07, 6.45) is 2.97. The van der Waals surface area contributed by atoms with Crippen LogP contribution in [0.25, 0.3) is 0 Å². The fourth-order valence-corrected chi connectivity index (χ4v) is 1.18. The predicted molar refractivity (Wildman–Crippen MR) is 48.1 cm³/mol. The van der Waals surface area contributed by atoms with Crippen molar-refractivity contribution in [1.82, 2.24) is 9.88 Å². The van der Waals surface area contributed by atoms with E-state index in [-0.39, 0.29) is 5.91 Å². The highest BCUT2D eigenvalue weighted by Gasteiger charge is 2.06. The second-order valence-corrected chi connectivity index (χ2v) is 2.67. The molecule has 0 saturated heterocycles. The minimum absolute atomic E-state index is 0.0200. The van der Waals surface area contributed by atoms with Gasteiger partial charge in [0.1, 0.15) is 5.69 Å². The Labute approximate surface area is 72.4 Å². The van der Waals surface area contributed by atoms with E-state index >= 15 is 0 Å². The van der Waals surface area contributed by atoms with Gasteiger partial charge in [-0.05, 0) is 18.6 Å². The quantitative estimate of drug-likeness (QED) is 0.720. The summed E-state index contributed by atoms with van der Waals surface area (Å²) in [5.41, 5.74) is 0.736. The van der Waals surface area contributed by atoms with Crippen LogP contribution in [0.5, 0.6) is 0 Å². The smallest absolute Gasteiger partial charge is 0.267 e.